The van der Waals surface area contributed by atoms with Gasteiger partial charge < -0.3 is 4.74 Å². The summed E-state index contributed by atoms with van der Waals surface area (Å²) in [6.45, 7) is 0.581. The van der Waals surface area contributed by atoms with E-state index in [9.17, 15) is 13.2 Å². The Bertz CT molecular complexity index is 686. The summed E-state index contributed by atoms with van der Waals surface area (Å²) in [4.78, 5) is 11.5. The summed E-state index contributed by atoms with van der Waals surface area (Å²) in [6, 6.07) is 6.04. The van der Waals surface area contributed by atoms with Gasteiger partial charge in [0.15, 0.2) is 0 Å². The lowest BCUT2D eigenvalue weighted by Gasteiger charge is -2.30. The van der Waals surface area contributed by atoms with E-state index < -0.39 is 15.9 Å². The first-order chi connectivity index (χ1) is 11.0. The zero-order valence-electron chi connectivity index (χ0n) is 12.4. The van der Waals surface area contributed by atoms with Gasteiger partial charge >= 0.3 is 0 Å². The van der Waals surface area contributed by atoms with E-state index >= 15 is 0 Å². The molecule has 0 spiro atoms. The maximum Gasteiger partial charge on any atom is 0.246 e. The van der Waals surface area contributed by atoms with Crippen molar-refractivity contribution in [2.45, 2.75) is 17.7 Å². The summed E-state index contributed by atoms with van der Waals surface area (Å²) in [7, 11) is -3.61. The zero-order valence-corrected chi connectivity index (χ0v) is 13.3. The number of ether oxygens (including phenoxy) is 1. The molecule has 1 aromatic rings. The van der Waals surface area contributed by atoms with Crippen LogP contribution in [0.4, 0.5) is 0 Å². The van der Waals surface area contributed by atoms with E-state index in [4.69, 9.17) is 16.4 Å². The van der Waals surface area contributed by atoms with E-state index in [2.05, 4.69) is 5.92 Å². The predicted octanol–water partition coefficient (Wildman–Crippen LogP) is 0.605. The lowest BCUT2D eigenvalue weighted by Crippen LogP contribution is -2.42. The third kappa shape index (κ3) is 4.01. The summed E-state index contributed by atoms with van der Waals surface area (Å²) in [6.07, 6.45) is 5.83. The van der Waals surface area contributed by atoms with E-state index in [0.29, 0.717) is 18.6 Å². The van der Waals surface area contributed by atoms with Gasteiger partial charge in [0.1, 0.15) is 12.4 Å². The molecule has 23 heavy (non-hydrogen) atoms. The van der Waals surface area contributed by atoms with Crippen molar-refractivity contribution in [3.05, 3.63) is 24.3 Å². The minimum absolute atomic E-state index is 0.118. The fourth-order valence-electron chi connectivity index (χ4n) is 2.43. The molecule has 0 radical (unpaired) electrons. The summed E-state index contributed by atoms with van der Waals surface area (Å²) in [5.41, 5.74) is 1.61. The summed E-state index contributed by atoms with van der Waals surface area (Å²) < 4.78 is 31.7. The van der Waals surface area contributed by atoms with Crippen LogP contribution < -0.4 is 10.2 Å². The molecule has 0 aliphatic carbocycles. The number of rotatable bonds is 5. The van der Waals surface area contributed by atoms with Crippen molar-refractivity contribution >= 4 is 15.9 Å². The molecule has 7 nitrogen and oxygen atoms in total. The minimum atomic E-state index is -3.61. The molecule has 2 rings (SSSR count). The average Bonchev–Trinajstić information content (AvgIpc) is 2.59. The first-order valence-electron chi connectivity index (χ1n) is 7.09. The number of piperidine rings is 1. The molecule has 0 saturated carbocycles. The Morgan fingerprint density at radius 1 is 1.35 bits per heavy atom. The molecule has 1 aliphatic rings. The van der Waals surface area contributed by atoms with Crippen molar-refractivity contribution in [2.75, 3.05) is 19.7 Å². The fourth-order valence-corrected chi connectivity index (χ4v) is 3.90. The number of benzene rings is 1. The highest BCUT2D eigenvalue weighted by Crippen LogP contribution is 2.25. The van der Waals surface area contributed by atoms with Gasteiger partial charge in [-0.25, -0.2) is 13.9 Å². The van der Waals surface area contributed by atoms with Crippen LogP contribution in [0, 0.1) is 18.3 Å². The van der Waals surface area contributed by atoms with Crippen LogP contribution in [0.1, 0.15) is 12.8 Å². The van der Waals surface area contributed by atoms with Gasteiger partial charge in [0.05, 0.1) is 4.90 Å². The number of amides is 1. The highest BCUT2D eigenvalue weighted by molar-refractivity contribution is 7.89. The number of nitrogens with one attached hydrogen (secondary N) is 1. The van der Waals surface area contributed by atoms with Crippen molar-refractivity contribution in [1.82, 2.24) is 9.79 Å². The number of terminal acetylenes is 1. The Morgan fingerprint density at radius 2 is 1.96 bits per heavy atom. The Hall–Kier alpha value is -2.08. The molecular weight excluding hydrogens is 320 g/mol. The van der Waals surface area contributed by atoms with Crippen LogP contribution >= 0.6 is 0 Å². The molecule has 0 unspecified atom stereocenters. The molecule has 2 N–H and O–H groups in total. The third-order valence-corrected chi connectivity index (χ3v) is 5.63. The second-order valence-corrected chi connectivity index (χ2v) is 7.06. The first-order valence-corrected chi connectivity index (χ1v) is 8.53. The van der Waals surface area contributed by atoms with Crippen LogP contribution in [-0.4, -0.2) is 43.5 Å². The van der Waals surface area contributed by atoms with Gasteiger partial charge in [0.25, 0.3) is 0 Å². The van der Waals surface area contributed by atoms with Gasteiger partial charge in [-0.05, 0) is 37.1 Å². The molecule has 8 heteroatoms. The lowest BCUT2D eigenvalue weighted by molar-refractivity contribution is -0.134. The SMILES string of the molecule is C#CCOc1ccc(S(=O)(=O)N2CCC(C(=O)NO)CC2)cc1. The van der Waals surface area contributed by atoms with Crippen LogP contribution in [0.2, 0.25) is 0 Å². The van der Waals surface area contributed by atoms with Crippen molar-refractivity contribution in [1.29, 1.82) is 0 Å². The number of carbonyl (C=O) groups is 1. The molecule has 1 saturated heterocycles. The predicted molar refractivity (Wildman–Crippen MR) is 82.2 cm³/mol. The van der Waals surface area contributed by atoms with Crippen molar-refractivity contribution < 1.29 is 23.2 Å². The highest BCUT2D eigenvalue weighted by Gasteiger charge is 2.31. The maximum atomic E-state index is 12.6. The molecule has 124 valence electrons. The number of hydrogen-bond acceptors (Lipinski definition) is 5. The van der Waals surface area contributed by atoms with Gasteiger partial charge in [-0.2, -0.15) is 4.31 Å². The molecule has 1 amide bonds. The molecule has 1 aliphatic heterocycles. The maximum absolute atomic E-state index is 12.6. The number of hydroxylamine groups is 1. The topological polar surface area (TPSA) is 95.9 Å². The number of nitrogens with zero attached hydrogens (tertiary/aromatic N) is 1. The number of carbonyl (C=O) groups excluding carboxylic acids is 1. The highest BCUT2D eigenvalue weighted by atomic mass is 32.2. The Morgan fingerprint density at radius 3 is 2.48 bits per heavy atom. The Labute approximate surface area is 135 Å². The molecule has 0 aromatic heterocycles. The van der Waals surface area contributed by atoms with Crippen molar-refractivity contribution in [3.63, 3.8) is 0 Å². The Balaban J connectivity index is 2.05. The van der Waals surface area contributed by atoms with Crippen molar-refractivity contribution in [3.8, 4) is 18.1 Å². The molecule has 0 atom stereocenters. The van der Waals surface area contributed by atoms with Crippen LogP contribution in [-0.2, 0) is 14.8 Å². The van der Waals surface area contributed by atoms with Crippen LogP contribution in [0.3, 0.4) is 0 Å². The van der Waals surface area contributed by atoms with E-state index in [1.807, 2.05) is 0 Å². The molecule has 1 aromatic carbocycles. The first kappa shape index (κ1) is 17.3. The molecular formula is C15H18N2O5S. The second-order valence-electron chi connectivity index (χ2n) is 5.12. The number of hydrogen-bond donors (Lipinski definition) is 2. The van der Waals surface area contributed by atoms with E-state index in [-0.39, 0.29) is 30.5 Å². The van der Waals surface area contributed by atoms with Gasteiger partial charge in [-0.15, -0.1) is 6.42 Å². The molecule has 1 heterocycles. The van der Waals surface area contributed by atoms with Crippen LogP contribution in [0.25, 0.3) is 0 Å². The number of sulfonamides is 1. The standard InChI is InChI=1S/C15H18N2O5S/c1-2-11-22-13-3-5-14(6-4-13)23(20,21)17-9-7-12(8-10-17)15(18)16-19/h1,3-6,12,19H,7-11H2,(H,16,18). The minimum Gasteiger partial charge on any atom is -0.481 e. The molecule has 1 fully saturated rings. The summed E-state index contributed by atoms with van der Waals surface area (Å²) >= 11 is 0. The largest absolute Gasteiger partial charge is 0.481 e. The molecule has 0 bridgehead atoms. The smallest absolute Gasteiger partial charge is 0.246 e. The Kier molecular flexibility index (Phi) is 5.60. The van der Waals surface area contributed by atoms with E-state index in [0.717, 1.165) is 0 Å². The van der Waals surface area contributed by atoms with E-state index in [1.165, 1.54) is 16.4 Å². The average molecular weight is 338 g/mol. The summed E-state index contributed by atoms with van der Waals surface area (Å²) in [5.74, 6) is 1.99. The van der Waals surface area contributed by atoms with Crippen LogP contribution in [0.5, 0.6) is 5.75 Å². The van der Waals surface area contributed by atoms with Gasteiger partial charge in [0, 0.05) is 19.0 Å². The monoisotopic (exact) mass is 338 g/mol. The van der Waals surface area contributed by atoms with Gasteiger partial charge in [0.2, 0.25) is 15.9 Å². The summed E-state index contributed by atoms with van der Waals surface area (Å²) in [5, 5.41) is 8.62. The fraction of sp³-hybridized carbons (Fsp3) is 0.400. The van der Waals surface area contributed by atoms with Gasteiger partial charge in [-0.1, -0.05) is 5.92 Å². The normalized spacial score (nSPS) is 16.5. The lowest BCUT2D eigenvalue weighted by atomic mass is 9.98. The second kappa shape index (κ2) is 7.46. The zero-order chi connectivity index (χ0) is 16.9. The van der Waals surface area contributed by atoms with E-state index in [1.54, 1.807) is 17.6 Å². The van der Waals surface area contributed by atoms with Crippen molar-refractivity contribution in [2.24, 2.45) is 5.92 Å². The van der Waals surface area contributed by atoms with Crippen LogP contribution in [0.15, 0.2) is 29.2 Å². The third-order valence-electron chi connectivity index (χ3n) is 3.72. The quantitative estimate of drug-likeness (QED) is 0.466. The van der Waals surface area contributed by atoms with Gasteiger partial charge in [-0.3, -0.25) is 10.0 Å².